The number of fused-ring (bicyclic) bond motifs is 1. The van der Waals surface area contributed by atoms with E-state index in [4.69, 9.17) is 4.74 Å². The van der Waals surface area contributed by atoms with Crippen LogP contribution in [0.15, 0.2) is 84.9 Å². The van der Waals surface area contributed by atoms with Crippen LogP contribution in [0.4, 0.5) is 5.69 Å². The van der Waals surface area contributed by atoms with E-state index >= 15 is 0 Å². The van der Waals surface area contributed by atoms with Gasteiger partial charge in [0.15, 0.2) is 12.1 Å². The molecule has 3 aromatic carbocycles. The zero-order valence-electron chi connectivity index (χ0n) is 19.4. The number of ether oxygens (including phenoxy) is 1. The van der Waals surface area contributed by atoms with Crippen molar-refractivity contribution < 1.29 is 23.9 Å². The van der Waals surface area contributed by atoms with Gasteiger partial charge in [-0.05, 0) is 29.8 Å². The normalized spacial score (nSPS) is 19.6. The van der Waals surface area contributed by atoms with E-state index in [9.17, 15) is 19.2 Å². The number of hydrogen-bond donors (Lipinski definition) is 0. The average Bonchev–Trinajstić information content (AvgIpc) is 3.25. The lowest BCUT2D eigenvalue weighted by molar-refractivity contribution is -0.162. The molecule has 0 saturated carbocycles. The molecule has 1 saturated heterocycles. The third-order valence-corrected chi connectivity index (χ3v) is 6.49. The van der Waals surface area contributed by atoms with Crippen LogP contribution in [0, 0.1) is 5.41 Å². The van der Waals surface area contributed by atoms with Gasteiger partial charge in [-0.1, -0.05) is 74.5 Å². The maximum absolute atomic E-state index is 13.7. The molecular formula is C28H24N2O5. The van der Waals surface area contributed by atoms with Gasteiger partial charge in [-0.25, -0.2) is 4.79 Å². The van der Waals surface area contributed by atoms with Gasteiger partial charge in [0.25, 0.3) is 17.7 Å². The molecule has 0 bridgehead atoms. The van der Waals surface area contributed by atoms with Crippen LogP contribution in [-0.4, -0.2) is 41.2 Å². The molecule has 3 amide bonds. The van der Waals surface area contributed by atoms with Crippen LogP contribution in [0.3, 0.4) is 0 Å². The van der Waals surface area contributed by atoms with Gasteiger partial charge in [-0.3, -0.25) is 19.3 Å². The molecule has 2 aliphatic heterocycles. The number of imide groups is 1. The van der Waals surface area contributed by atoms with Crippen LogP contribution in [0.25, 0.3) is 0 Å². The van der Waals surface area contributed by atoms with Crippen molar-refractivity contribution in [2.24, 2.45) is 5.41 Å². The van der Waals surface area contributed by atoms with Gasteiger partial charge >= 0.3 is 5.97 Å². The van der Waals surface area contributed by atoms with E-state index in [-0.39, 0.29) is 17.0 Å². The first-order valence-corrected chi connectivity index (χ1v) is 11.4. The quantitative estimate of drug-likeness (QED) is 0.417. The number of hydrogen-bond acceptors (Lipinski definition) is 5. The topological polar surface area (TPSA) is 84.0 Å². The van der Waals surface area contributed by atoms with Gasteiger partial charge < -0.3 is 9.64 Å². The Labute approximate surface area is 202 Å². The molecule has 35 heavy (non-hydrogen) atoms. The lowest BCUT2D eigenvalue weighted by Crippen LogP contribution is -2.43. The van der Waals surface area contributed by atoms with Gasteiger partial charge in [-0.15, -0.1) is 0 Å². The third kappa shape index (κ3) is 3.79. The molecule has 2 aliphatic rings. The Kier molecular flexibility index (Phi) is 5.47. The summed E-state index contributed by atoms with van der Waals surface area (Å²) < 4.78 is 5.84. The monoisotopic (exact) mass is 468 g/mol. The van der Waals surface area contributed by atoms with E-state index in [1.165, 1.54) is 0 Å². The Morgan fingerprint density at radius 2 is 1.34 bits per heavy atom. The predicted octanol–water partition coefficient (Wildman–Crippen LogP) is 4.01. The molecule has 7 nitrogen and oxygen atoms in total. The largest absolute Gasteiger partial charge is 0.450 e. The SMILES string of the molecule is CC1(C)CN(c2ccccc2)C(=O)[C@@H]1OC(=O)[C@H](c1ccccc1)N1C(=O)c2ccccc2C1=O. The Bertz CT molecular complexity index is 1280. The van der Waals surface area contributed by atoms with E-state index in [0.717, 1.165) is 4.90 Å². The molecule has 1 fully saturated rings. The van der Waals surface area contributed by atoms with E-state index in [2.05, 4.69) is 0 Å². The Morgan fingerprint density at radius 3 is 1.91 bits per heavy atom. The highest BCUT2D eigenvalue weighted by Crippen LogP contribution is 2.38. The summed E-state index contributed by atoms with van der Waals surface area (Å²) in [7, 11) is 0. The molecule has 0 aliphatic carbocycles. The molecular weight excluding hydrogens is 444 g/mol. The second kappa shape index (κ2) is 8.51. The van der Waals surface area contributed by atoms with Crippen LogP contribution in [0.5, 0.6) is 0 Å². The summed E-state index contributed by atoms with van der Waals surface area (Å²) in [4.78, 5) is 56.0. The zero-order chi connectivity index (χ0) is 24.7. The number of carbonyl (C=O) groups is 4. The molecule has 0 radical (unpaired) electrons. The molecule has 0 spiro atoms. The second-order valence-electron chi connectivity index (χ2n) is 9.40. The van der Waals surface area contributed by atoms with Crippen LogP contribution < -0.4 is 4.90 Å². The number of rotatable bonds is 5. The number of para-hydroxylation sites is 1. The number of esters is 1. The molecule has 0 N–H and O–H groups in total. The first kappa shape index (κ1) is 22.5. The van der Waals surface area contributed by atoms with Gasteiger partial charge in [0.05, 0.1) is 11.1 Å². The molecule has 2 atom stereocenters. The van der Waals surface area contributed by atoms with E-state index < -0.39 is 35.3 Å². The van der Waals surface area contributed by atoms with Crippen LogP contribution >= 0.6 is 0 Å². The van der Waals surface area contributed by atoms with Crippen molar-refractivity contribution in [2.75, 3.05) is 11.4 Å². The summed E-state index contributed by atoms with van der Waals surface area (Å²) in [6.45, 7) is 4.06. The van der Waals surface area contributed by atoms with Crippen molar-refractivity contribution in [1.29, 1.82) is 0 Å². The highest BCUT2D eigenvalue weighted by Gasteiger charge is 2.51. The zero-order valence-corrected chi connectivity index (χ0v) is 19.4. The summed E-state index contributed by atoms with van der Waals surface area (Å²) in [6.07, 6.45) is -1.07. The third-order valence-electron chi connectivity index (χ3n) is 6.49. The number of benzene rings is 3. The lowest BCUT2D eigenvalue weighted by Gasteiger charge is -2.29. The molecule has 3 aromatic rings. The maximum Gasteiger partial charge on any atom is 0.334 e. The van der Waals surface area contributed by atoms with Crippen LogP contribution in [0.1, 0.15) is 46.2 Å². The van der Waals surface area contributed by atoms with Crippen LogP contribution in [-0.2, 0) is 14.3 Å². The molecule has 5 rings (SSSR count). The Hall–Kier alpha value is -4.26. The molecule has 2 heterocycles. The predicted molar refractivity (Wildman–Crippen MR) is 129 cm³/mol. The summed E-state index contributed by atoms with van der Waals surface area (Å²) >= 11 is 0. The van der Waals surface area contributed by atoms with Crippen molar-refractivity contribution in [3.8, 4) is 0 Å². The van der Waals surface area contributed by atoms with Gasteiger partial charge in [-0.2, -0.15) is 0 Å². The molecule has 0 aromatic heterocycles. The highest BCUT2D eigenvalue weighted by atomic mass is 16.6. The Balaban J connectivity index is 1.48. The minimum absolute atomic E-state index is 0.235. The maximum atomic E-state index is 13.7. The first-order valence-electron chi connectivity index (χ1n) is 11.4. The van der Waals surface area contributed by atoms with Gasteiger partial charge in [0, 0.05) is 17.6 Å². The van der Waals surface area contributed by atoms with Crippen molar-refractivity contribution in [2.45, 2.75) is 26.0 Å². The Morgan fingerprint density at radius 1 is 0.829 bits per heavy atom. The fraction of sp³-hybridized carbons (Fsp3) is 0.214. The van der Waals surface area contributed by atoms with Crippen LogP contribution in [0.2, 0.25) is 0 Å². The van der Waals surface area contributed by atoms with Gasteiger partial charge in [0.2, 0.25) is 0 Å². The standard InChI is InChI=1S/C28H24N2O5/c1-28(2)17-29(19-13-7-4-8-14-19)26(33)23(28)35-27(34)22(18-11-5-3-6-12-18)30-24(31)20-15-9-10-16-21(20)25(30)32/h3-16,22-23H,17H2,1-2H3/t22-,23-/m0/s1. The molecule has 176 valence electrons. The van der Waals surface area contributed by atoms with E-state index in [1.54, 1.807) is 59.5 Å². The number of nitrogens with zero attached hydrogens (tertiary/aromatic N) is 2. The van der Waals surface area contributed by atoms with Crippen molar-refractivity contribution >= 4 is 29.4 Å². The van der Waals surface area contributed by atoms with Gasteiger partial charge in [0.1, 0.15) is 0 Å². The summed E-state index contributed by atoms with van der Waals surface area (Å²) in [5, 5.41) is 0. The highest BCUT2D eigenvalue weighted by molar-refractivity contribution is 6.22. The fourth-order valence-corrected chi connectivity index (χ4v) is 4.73. The molecule has 7 heteroatoms. The lowest BCUT2D eigenvalue weighted by atomic mass is 9.89. The number of carbonyl (C=O) groups excluding carboxylic acids is 4. The van der Waals surface area contributed by atoms with Crippen molar-refractivity contribution in [1.82, 2.24) is 4.90 Å². The number of anilines is 1. The fourth-order valence-electron chi connectivity index (χ4n) is 4.73. The number of amides is 3. The summed E-state index contributed by atoms with van der Waals surface area (Å²) in [5.41, 5.74) is 0.919. The minimum atomic E-state index is -1.32. The second-order valence-corrected chi connectivity index (χ2v) is 9.40. The average molecular weight is 469 g/mol. The van der Waals surface area contributed by atoms with Crippen molar-refractivity contribution in [3.63, 3.8) is 0 Å². The van der Waals surface area contributed by atoms with E-state index in [1.807, 2.05) is 44.2 Å². The van der Waals surface area contributed by atoms with Crippen molar-refractivity contribution in [3.05, 3.63) is 102 Å². The smallest absolute Gasteiger partial charge is 0.334 e. The summed E-state index contributed by atoms with van der Waals surface area (Å²) in [5.74, 6) is -2.31. The minimum Gasteiger partial charge on any atom is -0.450 e. The first-order chi connectivity index (χ1) is 16.8. The summed E-state index contributed by atoms with van der Waals surface area (Å²) in [6, 6.07) is 22.8. The van der Waals surface area contributed by atoms with E-state index in [0.29, 0.717) is 17.8 Å². The molecule has 0 unspecified atom stereocenters.